The molecular weight excluding hydrogens is 453 g/mol. The molecule has 33 heavy (non-hydrogen) atoms. The van der Waals surface area contributed by atoms with E-state index in [1.807, 2.05) is 0 Å². The Morgan fingerprint density at radius 1 is 1.03 bits per heavy atom. The highest BCUT2D eigenvalue weighted by Gasteiger charge is 2.34. The number of anilines is 2. The lowest BCUT2D eigenvalue weighted by molar-refractivity contribution is -0.137. The highest BCUT2D eigenvalue weighted by molar-refractivity contribution is 7.14. The lowest BCUT2D eigenvalue weighted by Gasteiger charge is -2.21. The zero-order valence-corrected chi connectivity index (χ0v) is 18.3. The van der Waals surface area contributed by atoms with Crippen molar-refractivity contribution in [3.63, 3.8) is 0 Å². The number of aromatic nitrogens is 3. The van der Waals surface area contributed by atoms with Crippen LogP contribution in [0.3, 0.4) is 0 Å². The van der Waals surface area contributed by atoms with Crippen molar-refractivity contribution in [2.45, 2.75) is 20.0 Å². The molecule has 10 heteroatoms. The van der Waals surface area contributed by atoms with Gasteiger partial charge in [0.05, 0.1) is 22.6 Å². The van der Waals surface area contributed by atoms with Gasteiger partial charge in [-0.15, -0.1) is 11.3 Å². The van der Waals surface area contributed by atoms with Crippen molar-refractivity contribution in [2.75, 3.05) is 4.90 Å². The third-order valence-corrected chi connectivity index (χ3v) is 5.71. The molecule has 0 saturated heterocycles. The molecule has 4 aromatic rings. The van der Waals surface area contributed by atoms with Gasteiger partial charge in [0.25, 0.3) is 5.91 Å². The van der Waals surface area contributed by atoms with E-state index in [0.717, 1.165) is 16.8 Å². The van der Waals surface area contributed by atoms with Crippen LogP contribution in [0.25, 0.3) is 5.69 Å². The largest absolute Gasteiger partial charge is 0.418 e. The Bertz CT molecular complexity index is 1380. The number of aryl methyl sites for hydroxylation is 2. The fraction of sp³-hybridized carbons (Fsp3) is 0.130. The first kappa shape index (κ1) is 22.4. The summed E-state index contributed by atoms with van der Waals surface area (Å²) in [6.07, 6.45) is -4.65. The van der Waals surface area contributed by atoms with Gasteiger partial charge in [0.15, 0.2) is 10.8 Å². The molecule has 0 aliphatic carbocycles. The van der Waals surface area contributed by atoms with E-state index in [0.29, 0.717) is 16.5 Å². The molecule has 0 fully saturated rings. The topological polar surface area (TPSA) is 68.1 Å². The minimum absolute atomic E-state index is 0.157. The summed E-state index contributed by atoms with van der Waals surface area (Å²) < 4.78 is 41.7. The van der Waals surface area contributed by atoms with Gasteiger partial charge >= 0.3 is 6.18 Å². The minimum atomic E-state index is -4.65. The Balaban J connectivity index is 1.89. The van der Waals surface area contributed by atoms with Gasteiger partial charge in [-0.05, 0) is 38.1 Å². The van der Waals surface area contributed by atoms with Gasteiger partial charge in [-0.3, -0.25) is 14.5 Å². The van der Waals surface area contributed by atoms with Crippen molar-refractivity contribution in [3.05, 3.63) is 98.9 Å². The normalized spacial score (nSPS) is 11.4. The predicted molar refractivity (Wildman–Crippen MR) is 119 cm³/mol. The fourth-order valence-electron chi connectivity index (χ4n) is 3.28. The van der Waals surface area contributed by atoms with Crippen LogP contribution in [-0.2, 0) is 6.18 Å². The molecule has 6 nitrogen and oxygen atoms in total. The van der Waals surface area contributed by atoms with E-state index in [9.17, 15) is 22.8 Å². The van der Waals surface area contributed by atoms with E-state index in [1.54, 1.807) is 42.6 Å². The van der Waals surface area contributed by atoms with Crippen molar-refractivity contribution in [1.82, 2.24) is 14.8 Å². The Morgan fingerprint density at radius 3 is 2.33 bits per heavy atom. The molecule has 0 aliphatic heterocycles. The number of para-hydroxylation sites is 2. The van der Waals surface area contributed by atoms with Crippen LogP contribution < -0.4 is 10.3 Å². The Labute approximate surface area is 190 Å². The molecule has 2 heterocycles. The molecule has 0 radical (unpaired) electrons. The van der Waals surface area contributed by atoms with Crippen molar-refractivity contribution >= 4 is 28.1 Å². The van der Waals surface area contributed by atoms with Crippen molar-refractivity contribution in [1.29, 1.82) is 0 Å². The van der Waals surface area contributed by atoms with E-state index in [2.05, 4.69) is 10.1 Å². The van der Waals surface area contributed by atoms with Crippen LogP contribution in [0, 0.1) is 13.8 Å². The Kier molecular flexibility index (Phi) is 5.86. The summed E-state index contributed by atoms with van der Waals surface area (Å²) >= 11 is 1.20. The third-order valence-electron chi connectivity index (χ3n) is 4.76. The number of halogens is 3. The smallest absolute Gasteiger partial charge is 0.287 e. The first-order valence-electron chi connectivity index (χ1n) is 9.76. The summed E-state index contributed by atoms with van der Waals surface area (Å²) in [6.45, 7) is 3.22. The number of carbonyl (C=O) groups is 1. The first-order valence-corrected chi connectivity index (χ1v) is 10.6. The van der Waals surface area contributed by atoms with Crippen LogP contribution in [0.15, 0.2) is 70.8 Å². The summed E-state index contributed by atoms with van der Waals surface area (Å²) in [6, 6.07) is 14.5. The van der Waals surface area contributed by atoms with Gasteiger partial charge in [0, 0.05) is 17.1 Å². The molecule has 4 rings (SSSR count). The zero-order chi connectivity index (χ0) is 23.8. The molecule has 1 amide bonds. The maximum Gasteiger partial charge on any atom is 0.418 e. The lowest BCUT2D eigenvalue weighted by atomic mass is 10.1. The van der Waals surface area contributed by atoms with Crippen LogP contribution in [0.2, 0.25) is 0 Å². The van der Waals surface area contributed by atoms with Gasteiger partial charge in [-0.25, -0.2) is 9.67 Å². The number of rotatable bonds is 4. The van der Waals surface area contributed by atoms with E-state index < -0.39 is 28.8 Å². The fourth-order valence-corrected chi connectivity index (χ4v) is 4.10. The third kappa shape index (κ3) is 4.42. The molecule has 168 valence electrons. The number of thiazole rings is 1. The second kappa shape index (κ2) is 8.62. The van der Waals surface area contributed by atoms with Crippen LogP contribution >= 0.6 is 11.3 Å². The molecule has 0 atom stereocenters. The summed E-state index contributed by atoms with van der Waals surface area (Å²) in [7, 11) is 0. The molecule has 2 aromatic heterocycles. The first-order chi connectivity index (χ1) is 15.7. The summed E-state index contributed by atoms with van der Waals surface area (Å²) in [4.78, 5) is 31.9. The van der Waals surface area contributed by atoms with E-state index in [-0.39, 0.29) is 11.4 Å². The summed E-state index contributed by atoms with van der Waals surface area (Å²) in [5.41, 5.74) is -1.16. The second-order valence-electron chi connectivity index (χ2n) is 7.17. The Morgan fingerprint density at radius 2 is 1.70 bits per heavy atom. The molecule has 0 aliphatic rings. The van der Waals surface area contributed by atoms with Crippen LogP contribution in [0.5, 0.6) is 0 Å². The quantitative estimate of drug-likeness (QED) is 0.406. The van der Waals surface area contributed by atoms with Gasteiger partial charge in [-0.2, -0.15) is 18.3 Å². The molecule has 0 bridgehead atoms. The van der Waals surface area contributed by atoms with E-state index in [1.165, 1.54) is 41.4 Å². The van der Waals surface area contributed by atoms with Crippen LogP contribution in [-0.4, -0.2) is 20.7 Å². The molecule has 0 saturated carbocycles. The maximum absolute atomic E-state index is 13.6. The van der Waals surface area contributed by atoms with Crippen LogP contribution in [0.4, 0.5) is 24.0 Å². The van der Waals surface area contributed by atoms with E-state index >= 15 is 0 Å². The van der Waals surface area contributed by atoms with Gasteiger partial charge in [0.2, 0.25) is 5.43 Å². The molecule has 0 spiro atoms. The monoisotopic (exact) mass is 470 g/mol. The number of nitrogens with zero attached hydrogens (tertiary/aromatic N) is 4. The number of amides is 1. The summed E-state index contributed by atoms with van der Waals surface area (Å²) in [5.74, 6) is -0.793. The highest BCUT2D eigenvalue weighted by atomic mass is 32.1. The summed E-state index contributed by atoms with van der Waals surface area (Å²) in [5, 5.41) is 6.15. The minimum Gasteiger partial charge on any atom is -0.287 e. The number of hydrogen-bond donors (Lipinski definition) is 0. The number of carbonyl (C=O) groups excluding carboxylic acids is 1. The predicted octanol–water partition coefficient (Wildman–Crippen LogP) is 5.30. The van der Waals surface area contributed by atoms with Crippen molar-refractivity contribution in [3.8, 4) is 5.69 Å². The van der Waals surface area contributed by atoms with Crippen molar-refractivity contribution < 1.29 is 18.0 Å². The second-order valence-corrected chi connectivity index (χ2v) is 8.01. The average Bonchev–Trinajstić information content (AvgIpc) is 3.19. The number of hydrogen-bond acceptors (Lipinski definition) is 5. The van der Waals surface area contributed by atoms with E-state index in [4.69, 9.17) is 0 Å². The van der Waals surface area contributed by atoms with Crippen molar-refractivity contribution in [2.24, 2.45) is 0 Å². The lowest BCUT2D eigenvalue weighted by Crippen LogP contribution is -2.33. The standard InChI is InChI=1S/C23H17F3N4O2S/c1-14-13-33-22(27-14)29(16-8-4-3-5-9-16)21(32)20-19(31)12-15(2)30(28-20)18-11-7-6-10-17(18)23(24,25)26/h3-13H,1-2H3. The van der Waals surface area contributed by atoms with Gasteiger partial charge in [-0.1, -0.05) is 30.3 Å². The molecule has 0 N–H and O–H groups in total. The van der Waals surface area contributed by atoms with Gasteiger partial charge in [0.1, 0.15) is 0 Å². The van der Waals surface area contributed by atoms with Gasteiger partial charge < -0.3 is 0 Å². The SMILES string of the molecule is Cc1csc(N(C(=O)c2nn(-c3ccccc3C(F)(F)F)c(C)cc2=O)c2ccccc2)n1. The highest BCUT2D eigenvalue weighted by Crippen LogP contribution is 2.34. The number of benzene rings is 2. The molecule has 0 unspecified atom stereocenters. The number of alkyl halides is 3. The maximum atomic E-state index is 13.6. The Hall–Kier alpha value is -3.79. The average molecular weight is 470 g/mol. The molecule has 2 aromatic carbocycles. The van der Waals surface area contributed by atoms with Crippen LogP contribution in [0.1, 0.15) is 27.4 Å². The molecular formula is C23H17F3N4O2S. The zero-order valence-electron chi connectivity index (χ0n) is 17.5.